The zero-order valence-corrected chi connectivity index (χ0v) is 12.2. The number of rotatable bonds is 4. The third kappa shape index (κ3) is 3.50. The summed E-state index contributed by atoms with van der Waals surface area (Å²) >= 11 is 11.8. The van der Waals surface area contributed by atoms with Gasteiger partial charge in [0.05, 0.1) is 17.9 Å². The average Bonchev–Trinajstić information content (AvgIpc) is 2.82. The molecule has 0 aliphatic rings. The molecule has 1 aromatic carbocycles. The number of aryl methyl sites for hydroxylation is 1. The largest absolute Gasteiger partial charge is 0.387 e. The highest BCUT2D eigenvalue weighted by Gasteiger charge is 2.14. The third-order valence-electron chi connectivity index (χ3n) is 2.74. The number of hydrogen-bond acceptors (Lipinski definition) is 3. The molecule has 0 aliphatic heterocycles. The summed E-state index contributed by atoms with van der Waals surface area (Å²) in [6.45, 7) is 0.0507. The molecule has 20 heavy (non-hydrogen) atoms. The number of halogens is 2. The van der Waals surface area contributed by atoms with E-state index >= 15 is 0 Å². The molecule has 5 nitrogen and oxygen atoms in total. The van der Waals surface area contributed by atoms with Gasteiger partial charge in [0, 0.05) is 35.4 Å². The summed E-state index contributed by atoms with van der Waals surface area (Å²) in [5.74, 6) is -0.303. The molecule has 1 amide bonds. The van der Waals surface area contributed by atoms with Gasteiger partial charge in [0.2, 0.25) is 0 Å². The van der Waals surface area contributed by atoms with Crippen molar-refractivity contribution in [3.63, 3.8) is 0 Å². The van der Waals surface area contributed by atoms with Crippen molar-refractivity contribution >= 4 is 29.1 Å². The molecule has 1 heterocycles. The van der Waals surface area contributed by atoms with Gasteiger partial charge >= 0.3 is 0 Å². The number of hydrogen-bond donors (Lipinski definition) is 2. The van der Waals surface area contributed by atoms with Gasteiger partial charge in [-0.15, -0.1) is 0 Å². The van der Waals surface area contributed by atoms with Gasteiger partial charge in [-0.3, -0.25) is 9.48 Å². The summed E-state index contributed by atoms with van der Waals surface area (Å²) in [5.41, 5.74) is 0.949. The molecule has 0 saturated heterocycles. The van der Waals surface area contributed by atoms with E-state index in [2.05, 4.69) is 10.4 Å². The Balaban J connectivity index is 1.98. The van der Waals surface area contributed by atoms with E-state index in [1.54, 1.807) is 31.4 Å². The summed E-state index contributed by atoms with van der Waals surface area (Å²) in [6, 6.07) is 4.81. The minimum atomic E-state index is -0.902. The van der Waals surface area contributed by atoms with Crippen LogP contribution in [0.15, 0.2) is 30.6 Å². The zero-order valence-electron chi connectivity index (χ0n) is 10.7. The summed E-state index contributed by atoms with van der Waals surface area (Å²) in [4.78, 5) is 11.8. The SMILES string of the molecule is Cn1cc(C(=O)NCC(O)c2ccc(Cl)cc2Cl)cn1. The van der Waals surface area contributed by atoms with E-state index in [-0.39, 0.29) is 12.5 Å². The molecular weight excluding hydrogens is 301 g/mol. The maximum Gasteiger partial charge on any atom is 0.254 e. The first kappa shape index (κ1) is 14.8. The van der Waals surface area contributed by atoms with Crippen molar-refractivity contribution < 1.29 is 9.90 Å². The zero-order chi connectivity index (χ0) is 14.7. The summed E-state index contributed by atoms with van der Waals surface area (Å²) in [6.07, 6.45) is 2.15. The van der Waals surface area contributed by atoms with Gasteiger partial charge < -0.3 is 10.4 Å². The van der Waals surface area contributed by atoms with Crippen LogP contribution in [-0.2, 0) is 7.05 Å². The lowest BCUT2D eigenvalue weighted by Gasteiger charge is -2.13. The Labute approximate surface area is 126 Å². The van der Waals surface area contributed by atoms with Crippen LogP contribution in [0.3, 0.4) is 0 Å². The highest BCUT2D eigenvalue weighted by Crippen LogP contribution is 2.25. The number of aliphatic hydroxyl groups excluding tert-OH is 1. The topological polar surface area (TPSA) is 67.2 Å². The monoisotopic (exact) mass is 313 g/mol. The molecule has 2 aromatic rings. The summed E-state index contributed by atoms with van der Waals surface area (Å²) in [7, 11) is 1.72. The highest BCUT2D eigenvalue weighted by atomic mass is 35.5. The summed E-state index contributed by atoms with van der Waals surface area (Å²) in [5, 5.41) is 17.4. The summed E-state index contributed by atoms with van der Waals surface area (Å²) < 4.78 is 1.53. The molecule has 0 aliphatic carbocycles. The first-order chi connectivity index (χ1) is 9.47. The standard InChI is InChI=1S/C13H13Cl2N3O2/c1-18-7-8(5-17-18)13(20)16-6-12(19)10-3-2-9(14)4-11(10)15/h2-5,7,12,19H,6H2,1H3,(H,16,20). The second-order valence-electron chi connectivity index (χ2n) is 4.29. The Hall–Kier alpha value is -1.56. The fraction of sp³-hybridized carbons (Fsp3) is 0.231. The van der Waals surface area contributed by atoms with Crippen molar-refractivity contribution in [3.05, 3.63) is 51.8 Å². The van der Waals surface area contributed by atoms with E-state index in [0.29, 0.717) is 21.2 Å². The van der Waals surface area contributed by atoms with E-state index in [4.69, 9.17) is 23.2 Å². The highest BCUT2D eigenvalue weighted by molar-refractivity contribution is 6.35. The molecule has 0 fully saturated rings. The van der Waals surface area contributed by atoms with Crippen molar-refractivity contribution in [1.29, 1.82) is 0 Å². The second kappa shape index (κ2) is 6.26. The minimum Gasteiger partial charge on any atom is -0.387 e. The molecule has 106 valence electrons. The first-order valence-electron chi connectivity index (χ1n) is 5.87. The van der Waals surface area contributed by atoms with Crippen LogP contribution in [0.2, 0.25) is 10.0 Å². The van der Waals surface area contributed by atoms with Gasteiger partial charge in [0.25, 0.3) is 5.91 Å². The number of aliphatic hydroxyl groups is 1. The molecule has 7 heteroatoms. The van der Waals surface area contributed by atoms with Crippen LogP contribution >= 0.6 is 23.2 Å². The number of nitrogens with zero attached hydrogens (tertiary/aromatic N) is 2. The van der Waals surface area contributed by atoms with Crippen LogP contribution in [0.1, 0.15) is 22.0 Å². The fourth-order valence-corrected chi connectivity index (χ4v) is 2.25. The van der Waals surface area contributed by atoms with Crippen LogP contribution in [0.4, 0.5) is 0 Å². The van der Waals surface area contributed by atoms with Crippen molar-refractivity contribution in [2.75, 3.05) is 6.54 Å². The Kier molecular flexibility index (Phi) is 4.65. The number of nitrogens with one attached hydrogen (secondary N) is 1. The number of amides is 1. The van der Waals surface area contributed by atoms with Crippen LogP contribution in [-0.4, -0.2) is 27.3 Å². The van der Waals surface area contributed by atoms with E-state index in [1.165, 1.54) is 10.9 Å². The van der Waals surface area contributed by atoms with Crippen molar-refractivity contribution in [1.82, 2.24) is 15.1 Å². The Morgan fingerprint density at radius 2 is 2.25 bits per heavy atom. The van der Waals surface area contributed by atoms with Gasteiger partial charge in [-0.2, -0.15) is 5.10 Å². The van der Waals surface area contributed by atoms with Crippen LogP contribution < -0.4 is 5.32 Å². The lowest BCUT2D eigenvalue weighted by molar-refractivity contribution is 0.0916. The quantitative estimate of drug-likeness (QED) is 0.909. The van der Waals surface area contributed by atoms with Crippen molar-refractivity contribution in [2.45, 2.75) is 6.10 Å². The molecular formula is C13H13Cl2N3O2. The molecule has 0 bridgehead atoms. The maximum atomic E-state index is 11.8. The molecule has 2 N–H and O–H groups in total. The Bertz CT molecular complexity index is 628. The normalized spacial score (nSPS) is 12.2. The van der Waals surface area contributed by atoms with Crippen LogP contribution in [0, 0.1) is 0 Å². The minimum absolute atomic E-state index is 0.0507. The number of aromatic nitrogens is 2. The van der Waals surface area contributed by atoms with Gasteiger partial charge in [0.15, 0.2) is 0 Å². The van der Waals surface area contributed by atoms with E-state index in [1.807, 2.05) is 0 Å². The van der Waals surface area contributed by atoms with Crippen molar-refractivity contribution in [2.24, 2.45) is 7.05 Å². The van der Waals surface area contributed by atoms with Gasteiger partial charge in [-0.1, -0.05) is 29.3 Å². The average molecular weight is 314 g/mol. The maximum absolute atomic E-state index is 11.8. The Morgan fingerprint density at radius 1 is 1.50 bits per heavy atom. The van der Waals surface area contributed by atoms with Gasteiger partial charge in [-0.05, 0) is 12.1 Å². The van der Waals surface area contributed by atoms with E-state index in [9.17, 15) is 9.90 Å². The van der Waals surface area contributed by atoms with E-state index < -0.39 is 6.10 Å². The predicted molar refractivity (Wildman–Crippen MR) is 77.0 cm³/mol. The molecule has 0 saturated carbocycles. The number of carbonyl (C=O) groups is 1. The van der Waals surface area contributed by atoms with Crippen molar-refractivity contribution in [3.8, 4) is 0 Å². The second-order valence-corrected chi connectivity index (χ2v) is 5.14. The molecule has 1 atom stereocenters. The van der Waals surface area contributed by atoms with Gasteiger partial charge in [0.1, 0.15) is 0 Å². The lowest BCUT2D eigenvalue weighted by atomic mass is 10.1. The molecule has 1 unspecified atom stereocenters. The number of carbonyl (C=O) groups excluding carboxylic acids is 1. The van der Waals surface area contributed by atoms with Crippen LogP contribution in [0.5, 0.6) is 0 Å². The van der Waals surface area contributed by atoms with Gasteiger partial charge in [-0.25, -0.2) is 0 Å². The van der Waals surface area contributed by atoms with E-state index in [0.717, 1.165) is 0 Å². The van der Waals surface area contributed by atoms with Crippen LogP contribution in [0.25, 0.3) is 0 Å². The lowest BCUT2D eigenvalue weighted by Crippen LogP contribution is -2.28. The third-order valence-corrected chi connectivity index (χ3v) is 3.31. The molecule has 1 aromatic heterocycles. The fourth-order valence-electron chi connectivity index (χ4n) is 1.71. The smallest absolute Gasteiger partial charge is 0.254 e. The molecule has 2 rings (SSSR count). The first-order valence-corrected chi connectivity index (χ1v) is 6.63. The molecule has 0 spiro atoms. The predicted octanol–water partition coefficient (Wildman–Crippen LogP) is 2.19. The Morgan fingerprint density at radius 3 is 2.85 bits per heavy atom. The number of benzene rings is 1. The molecule has 0 radical (unpaired) electrons.